The summed E-state index contributed by atoms with van der Waals surface area (Å²) in [5.41, 5.74) is 12.0. The van der Waals surface area contributed by atoms with Gasteiger partial charge in [-0.2, -0.15) is 0 Å². The van der Waals surface area contributed by atoms with Crippen molar-refractivity contribution in [1.29, 1.82) is 0 Å². The van der Waals surface area contributed by atoms with E-state index < -0.39 is 0 Å². The lowest BCUT2D eigenvalue weighted by molar-refractivity contribution is 1.12. The van der Waals surface area contributed by atoms with E-state index in [4.69, 9.17) is 5.73 Å². The molecular formula is C13H14N4S. The number of benzene rings is 1. The Hall–Kier alpha value is -1.88. The van der Waals surface area contributed by atoms with Gasteiger partial charge in [-0.15, -0.1) is 21.5 Å². The number of nitrogens with zero attached hydrogens (tertiary/aromatic N) is 3. The normalized spacial score (nSPS) is 11.3. The molecule has 1 aromatic carbocycles. The number of fused-ring (bicyclic) bond motifs is 1. The summed E-state index contributed by atoms with van der Waals surface area (Å²) in [5, 5.41) is 10.0. The average Bonchev–Trinajstić information content (AvgIpc) is 2.88. The number of nitrogens with two attached hydrogens (primary N) is 1. The summed E-state index contributed by atoms with van der Waals surface area (Å²) in [5.74, 6) is 0.443. The molecule has 92 valence electrons. The van der Waals surface area contributed by atoms with E-state index >= 15 is 0 Å². The molecule has 0 spiro atoms. The van der Waals surface area contributed by atoms with Crippen molar-refractivity contribution in [3.8, 4) is 11.3 Å². The monoisotopic (exact) mass is 258 g/mol. The van der Waals surface area contributed by atoms with Crippen molar-refractivity contribution in [2.24, 2.45) is 0 Å². The quantitative estimate of drug-likeness (QED) is 0.730. The lowest BCUT2D eigenvalue weighted by Crippen LogP contribution is -1.96. The first kappa shape index (κ1) is 11.2. The standard InChI is InChI=1S/C13H14N4S/c1-7-4-9(3)10(5-8(7)2)11-6-18-13-16-15-12(14)17(11)13/h4-6H,1-3H3,(H2,14,15). The van der Waals surface area contributed by atoms with Gasteiger partial charge in [0.2, 0.25) is 10.9 Å². The van der Waals surface area contributed by atoms with Gasteiger partial charge in [-0.3, -0.25) is 4.40 Å². The van der Waals surface area contributed by atoms with Crippen LogP contribution in [0, 0.1) is 20.8 Å². The zero-order valence-corrected chi connectivity index (χ0v) is 11.4. The molecule has 0 saturated heterocycles. The van der Waals surface area contributed by atoms with Gasteiger partial charge in [0.05, 0.1) is 5.69 Å². The van der Waals surface area contributed by atoms with Crippen LogP contribution >= 0.6 is 11.3 Å². The summed E-state index contributed by atoms with van der Waals surface area (Å²) < 4.78 is 1.90. The second-order valence-electron chi connectivity index (χ2n) is 4.55. The highest BCUT2D eigenvalue weighted by Crippen LogP contribution is 2.31. The third-order valence-electron chi connectivity index (χ3n) is 3.29. The summed E-state index contributed by atoms with van der Waals surface area (Å²) >= 11 is 1.56. The first-order valence-electron chi connectivity index (χ1n) is 5.74. The van der Waals surface area contributed by atoms with E-state index in [1.165, 1.54) is 22.3 Å². The second-order valence-corrected chi connectivity index (χ2v) is 5.39. The van der Waals surface area contributed by atoms with Gasteiger partial charge in [-0.1, -0.05) is 6.07 Å². The van der Waals surface area contributed by atoms with Gasteiger partial charge in [0.1, 0.15) is 0 Å². The maximum Gasteiger partial charge on any atom is 0.227 e. The molecule has 4 nitrogen and oxygen atoms in total. The zero-order chi connectivity index (χ0) is 12.9. The highest BCUT2D eigenvalue weighted by molar-refractivity contribution is 7.15. The van der Waals surface area contributed by atoms with Crippen LogP contribution in [0.1, 0.15) is 16.7 Å². The number of hydrogen-bond donors (Lipinski definition) is 1. The molecule has 2 N–H and O–H groups in total. The van der Waals surface area contributed by atoms with Crippen molar-refractivity contribution >= 4 is 22.2 Å². The van der Waals surface area contributed by atoms with Crippen LogP contribution in [-0.2, 0) is 0 Å². The molecule has 0 aliphatic carbocycles. The molecule has 0 aliphatic heterocycles. The van der Waals surface area contributed by atoms with Crippen LogP contribution < -0.4 is 5.73 Å². The number of thiazole rings is 1. The summed E-state index contributed by atoms with van der Waals surface area (Å²) in [4.78, 5) is 0.833. The van der Waals surface area contributed by atoms with Crippen LogP contribution in [0.3, 0.4) is 0 Å². The van der Waals surface area contributed by atoms with Crippen molar-refractivity contribution < 1.29 is 0 Å². The molecular weight excluding hydrogens is 244 g/mol. The highest BCUT2D eigenvalue weighted by Gasteiger charge is 2.13. The molecule has 3 aromatic rings. The predicted molar refractivity (Wildman–Crippen MR) is 74.9 cm³/mol. The average molecular weight is 258 g/mol. The van der Waals surface area contributed by atoms with Crippen molar-refractivity contribution in [1.82, 2.24) is 14.6 Å². The van der Waals surface area contributed by atoms with E-state index in [1.54, 1.807) is 11.3 Å². The van der Waals surface area contributed by atoms with Gasteiger partial charge < -0.3 is 5.73 Å². The third-order valence-corrected chi connectivity index (χ3v) is 4.11. The third kappa shape index (κ3) is 1.51. The maximum atomic E-state index is 5.87. The summed E-state index contributed by atoms with van der Waals surface area (Å²) in [6, 6.07) is 4.40. The molecule has 0 fully saturated rings. The first-order chi connectivity index (χ1) is 8.58. The molecule has 2 heterocycles. The molecule has 0 bridgehead atoms. The molecule has 0 saturated carbocycles. The van der Waals surface area contributed by atoms with Crippen LogP contribution in [0.5, 0.6) is 0 Å². The van der Waals surface area contributed by atoms with Gasteiger partial charge in [0, 0.05) is 10.9 Å². The van der Waals surface area contributed by atoms with Crippen molar-refractivity contribution in [2.45, 2.75) is 20.8 Å². The summed E-state index contributed by atoms with van der Waals surface area (Å²) in [6.07, 6.45) is 0. The molecule has 0 radical (unpaired) electrons. The van der Waals surface area contributed by atoms with Crippen molar-refractivity contribution in [3.05, 3.63) is 34.2 Å². The molecule has 5 heteroatoms. The maximum absolute atomic E-state index is 5.87. The van der Waals surface area contributed by atoms with Crippen molar-refractivity contribution in [2.75, 3.05) is 5.73 Å². The van der Waals surface area contributed by atoms with Crippen LogP contribution in [0.2, 0.25) is 0 Å². The molecule has 0 atom stereocenters. The predicted octanol–water partition coefficient (Wildman–Crippen LogP) is 2.97. The largest absolute Gasteiger partial charge is 0.368 e. The second kappa shape index (κ2) is 3.81. The number of anilines is 1. The molecule has 3 rings (SSSR count). The molecule has 0 unspecified atom stereocenters. The Morgan fingerprint density at radius 1 is 1.06 bits per heavy atom. The van der Waals surface area contributed by atoms with Crippen LogP contribution in [-0.4, -0.2) is 14.6 Å². The summed E-state index contributed by atoms with van der Waals surface area (Å²) in [6.45, 7) is 6.37. The highest BCUT2D eigenvalue weighted by atomic mass is 32.1. The number of hydrogen-bond acceptors (Lipinski definition) is 4. The van der Waals surface area contributed by atoms with E-state index in [0.29, 0.717) is 5.95 Å². The number of aromatic nitrogens is 3. The fourth-order valence-corrected chi connectivity index (χ4v) is 3.00. The SMILES string of the molecule is Cc1cc(C)c(-c2csc3nnc(N)n23)cc1C. The van der Waals surface area contributed by atoms with Gasteiger partial charge in [0.25, 0.3) is 0 Å². The van der Waals surface area contributed by atoms with Crippen LogP contribution in [0.4, 0.5) is 5.95 Å². The minimum Gasteiger partial charge on any atom is -0.368 e. The van der Waals surface area contributed by atoms with E-state index in [1.807, 2.05) is 4.40 Å². The Labute approximate surface area is 109 Å². The zero-order valence-electron chi connectivity index (χ0n) is 10.6. The Kier molecular flexibility index (Phi) is 2.38. The van der Waals surface area contributed by atoms with Gasteiger partial charge in [-0.25, -0.2) is 0 Å². The smallest absolute Gasteiger partial charge is 0.227 e. The minimum absolute atomic E-state index is 0.443. The van der Waals surface area contributed by atoms with Crippen LogP contribution in [0.15, 0.2) is 17.5 Å². The molecule has 18 heavy (non-hydrogen) atoms. The number of aryl methyl sites for hydroxylation is 3. The lowest BCUT2D eigenvalue weighted by Gasteiger charge is -2.09. The van der Waals surface area contributed by atoms with Gasteiger partial charge in [0.15, 0.2) is 0 Å². The molecule has 2 aromatic heterocycles. The molecule has 0 aliphatic rings. The van der Waals surface area contributed by atoms with E-state index in [9.17, 15) is 0 Å². The Morgan fingerprint density at radius 2 is 1.78 bits per heavy atom. The topological polar surface area (TPSA) is 56.2 Å². The van der Waals surface area contributed by atoms with Crippen molar-refractivity contribution in [3.63, 3.8) is 0 Å². The van der Waals surface area contributed by atoms with E-state index in [-0.39, 0.29) is 0 Å². The summed E-state index contributed by atoms with van der Waals surface area (Å²) in [7, 11) is 0. The first-order valence-corrected chi connectivity index (χ1v) is 6.62. The minimum atomic E-state index is 0.443. The number of rotatable bonds is 1. The number of nitrogen functional groups attached to an aromatic ring is 1. The lowest BCUT2D eigenvalue weighted by atomic mass is 9.99. The van der Waals surface area contributed by atoms with E-state index in [2.05, 4.69) is 48.5 Å². The fourth-order valence-electron chi connectivity index (χ4n) is 2.17. The molecule has 0 amide bonds. The Balaban J connectivity index is 2.32. The van der Waals surface area contributed by atoms with Gasteiger partial charge >= 0.3 is 0 Å². The fraction of sp³-hybridized carbons (Fsp3) is 0.231. The van der Waals surface area contributed by atoms with Crippen LogP contribution in [0.25, 0.3) is 16.2 Å². The van der Waals surface area contributed by atoms with E-state index in [0.717, 1.165) is 10.7 Å². The Morgan fingerprint density at radius 3 is 2.56 bits per heavy atom. The van der Waals surface area contributed by atoms with Gasteiger partial charge in [-0.05, 0) is 43.5 Å². The Bertz CT molecular complexity index is 739.